The Morgan fingerprint density at radius 3 is 2.00 bits per heavy atom. The zero-order chi connectivity index (χ0) is 18.6. The normalized spacial score (nSPS) is 15.2. The van der Waals surface area contributed by atoms with Crippen LogP contribution in [0.2, 0.25) is 0 Å². The van der Waals surface area contributed by atoms with E-state index in [9.17, 15) is 4.79 Å². The summed E-state index contributed by atoms with van der Waals surface area (Å²) in [7, 11) is 0. The number of nitrogens with one attached hydrogen (secondary N) is 1. The minimum absolute atomic E-state index is 0.122. The largest absolute Gasteiger partial charge is 0.307 e. The molecule has 0 bridgehead atoms. The van der Waals surface area contributed by atoms with Crippen molar-refractivity contribution < 1.29 is 4.79 Å². The molecular formula is C23H17NOS2. The van der Waals surface area contributed by atoms with Crippen LogP contribution in [0.3, 0.4) is 0 Å². The van der Waals surface area contributed by atoms with Gasteiger partial charge in [0.25, 0.3) is 5.91 Å². The Hall–Kier alpha value is -2.69. The number of benzene rings is 3. The second-order valence-electron chi connectivity index (χ2n) is 6.33. The SMILES string of the molecule is O=C1NC(=S)S/C1=C/c1ccc(-c2ccc(Cc3ccccc3)cc2)cc1. The van der Waals surface area contributed by atoms with Gasteiger partial charge in [-0.15, -0.1) is 0 Å². The molecule has 0 saturated carbocycles. The number of carbonyl (C=O) groups is 1. The Labute approximate surface area is 168 Å². The van der Waals surface area contributed by atoms with Gasteiger partial charge in [0, 0.05) is 0 Å². The quantitative estimate of drug-likeness (QED) is 0.478. The molecule has 132 valence electrons. The Morgan fingerprint density at radius 1 is 0.815 bits per heavy atom. The number of hydrogen-bond acceptors (Lipinski definition) is 3. The Balaban J connectivity index is 1.48. The molecule has 1 N–H and O–H groups in total. The molecule has 0 unspecified atom stereocenters. The van der Waals surface area contributed by atoms with Crippen molar-refractivity contribution in [3.63, 3.8) is 0 Å². The van der Waals surface area contributed by atoms with Gasteiger partial charge in [-0.3, -0.25) is 4.79 Å². The minimum Gasteiger partial charge on any atom is -0.307 e. The lowest BCUT2D eigenvalue weighted by molar-refractivity contribution is -0.115. The first kappa shape index (κ1) is 17.7. The van der Waals surface area contributed by atoms with Gasteiger partial charge in [-0.05, 0) is 40.3 Å². The van der Waals surface area contributed by atoms with Crippen molar-refractivity contribution in [2.75, 3.05) is 0 Å². The summed E-state index contributed by atoms with van der Waals surface area (Å²) in [6.07, 6.45) is 2.81. The van der Waals surface area contributed by atoms with Crippen LogP contribution in [-0.2, 0) is 11.2 Å². The Bertz CT molecular complexity index is 1010. The van der Waals surface area contributed by atoms with Gasteiger partial charge in [-0.1, -0.05) is 103 Å². The summed E-state index contributed by atoms with van der Waals surface area (Å²) in [5.74, 6) is -0.122. The maximum Gasteiger partial charge on any atom is 0.263 e. The molecule has 1 aliphatic rings. The van der Waals surface area contributed by atoms with Crippen molar-refractivity contribution in [1.82, 2.24) is 5.32 Å². The van der Waals surface area contributed by atoms with E-state index < -0.39 is 0 Å². The molecule has 0 aliphatic carbocycles. The van der Waals surface area contributed by atoms with Gasteiger partial charge >= 0.3 is 0 Å². The molecule has 1 aliphatic heterocycles. The standard InChI is InChI=1S/C23H17NOS2/c25-22-21(27-23(26)24-22)15-18-8-12-20(13-9-18)19-10-6-17(7-11-19)14-16-4-2-1-3-5-16/h1-13,15H,14H2,(H,24,25,26)/b21-15+. The Morgan fingerprint density at radius 2 is 1.41 bits per heavy atom. The molecule has 4 rings (SSSR count). The third-order valence-electron chi connectivity index (χ3n) is 4.39. The van der Waals surface area contributed by atoms with Gasteiger partial charge in [-0.25, -0.2) is 0 Å². The fraction of sp³-hybridized carbons (Fsp3) is 0.0435. The van der Waals surface area contributed by atoms with E-state index in [0.717, 1.165) is 17.5 Å². The Kier molecular flexibility index (Phi) is 5.19. The molecular weight excluding hydrogens is 370 g/mol. The molecule has 1 fully saturated rings. The molecule has 3 aromatic carbocycles. The van der Waals surface area contributed by atoms with E-state index in [1.807, 2.05) is 24.3 Å². The maximum absolute atomic E-state index is 11.8. The van der Waals surface area contributed by atoms with Crippen LogP contribution in [0.15, 0.2) is 83.8 Å². The molecule has 1 saturated heterocycles. The summed E-state index contributed by atoms with van der Waals surface area (Å²) in [5, 5.41) is 2.63. The van der Waals surface area contributed by atoms with Crippen LogP contribution in [0.4, 0.5) is 0 Å². The number of hydrogen-bond donors (Lipinski definition) is 1. The molecule has 0 aromatic heterocycles. The lowest BCUT2D eigenvalue weighted by Gasteiger charge is -2.06. The monoisotopic (exact) mass is 387 g/mol. The highest BCUT2D eigenvalue weighted by Crippen LogP contribution is 2.27. The minimum atomic E-state index is -0.122. The molecule has 0 atom stereocenters. The third kappa shape index (κ3) is 4.35. The average molecular weight is 388 g/mol. The van der Waals surface area contributed by atoms with Crippen LogP contribution in [-0.4, -0.2) is 10.2 Å². The molecule has 2 nitrogen and oxygen atoms in total. The summed E-state index contributed by atoms with van der Waals surface area (Å²) >= 11 is 6.32. The second-order valence-corrected chi connectivity index (χ2v) is 8.05. The lowest BCUT2D eigenvalue weighted by atomic mass is 9.99. The van der Waals surface area contributed by atoms with Crippen molar-refractivity contribution in [2.24, 2.45) is 0 Å². The van der Waals surface area contributed by atoms with Gasteiger partial charge in [0.2, 0.25) is 0 Å². The molecule has 4 heteroatoms. The molecule has 27 heavy (non-hydrogen) atoms. The number of carbonyl (C=O) groups excluding carboxylic acids is 1. The molecule has 1 heterocycles. The van der Waals surface area contributed by atoms with E-state index >= 15 is 0 Å². The van der Waals surface area contributed by atoms with Gasteiger partial charge in [0.05, 0.1) is 4.91 Å². The summed E-state index contributed by atoms with van der Waals surface area (Å²) in [5.41, 5.74) is 5.94. The van der Waals surface area contributed by atoms with Crippen LogP contribution >= 0.6 is 24.0 Å². The summed E-state index contributed by atoms with van der Waals surface area (Å²) < 4.78 is 0.512. The maximum atomic E-state index is 11.8. The zero-order valence-corrected chi connectivity index (χ0v) is 16.1. The topological polar surface area (TPSA) is 29.1 Å². The van der Waals surface area contributed by atoms with Crippen molar-refractivity contribution in [3.8, 4) is 11.1 Å². The summed E-state index contributed by atoms with van der Waals surface area (Å²) in [6, 6.07) is 27.4. The average Bonchev–Trinajstić information content (AvgIpc) is 3.01. The van der Waals surface area contributed by atoms with E-state index in [-0.39, 0.29) is 5.91 Å². The third-order valence-corrected chi connectivity index (χ3v) is 5.55. The van der Waals surface area contributed by atoms with E-state index in [1.54, 1.807) is 0 Å². The molecule has 3 aromatic rings. The first-order chi connectivity index (χ1) is 13.2. The van der Waals surface area contributed by atoms with Gasteiger partial charge in [0.1, 0.15) is 4.32 Å². The van der Waals surface area contributed by atoms with Crippen molar-refractivity contribution in [3.05, 3.63) is 100 Å². The zero-order valence-electron chi connectivity index (χ0n) is 14.5. The lowest BCUT2D eigenvalue weighted by Crippen LogP contribution is -2.17. The van der Waals surface area contributed by atoms with Crippen molar-refractivity contribution in [2.45, 2.75) is 6.42 Å². The number of amides is 1. The highest BCUT2D eigenvalue weighted by atomic mass is 32.2. The first-order valence-corrected chi connectivity index (χ1v) is 9.88. The van der Waals surface area contributed by atoms with E-state index in [1.165, 1.54) is 28.5 Å². The van der Waals surface area contributed by atoms with Crippen molar-refractivity contribution >= 4 is 40.3 Å². The van der Waals surface area contributed by atoms with Crippen LogP contribution < -0.4 is 5.32 Å². The number of rotatable bonds is 4. The van der Waals surface area contributed by atoms with E-state index in [2.05, 4.69) is 66.0 Å². The van der Waals surface area contributed by atoms with Gasteiger partial charge < -0.3 is 5.32 Å². The predicted octanol–water partition coefficient (Wildman–Crippen LogP) is 5.43. The predicted molar refractivity (Wildman–Crippen MR) is 117 cm³/mol. The fourth-order valence-electron chi connectivity index (χ4n) is 2.99. The van der Waals surface area contributed by atoms with Crippen LogP contribution in [0.1, 0.15) is 16.7 Å². The second kappa shape index (κ2) is 7.91. The first-order valence-electron chi connectivity index (χ1n) is 8.65. The van der Waals surface area contributed by atoms with Crippen LogP contribution in [0, 0.1) is 0 Å². The number of thiocarbonyl (C=S) groups is 1. The van der Waals surface area contributed by atoms with Crippen molar-refractivity contribution in [1.29, 1.82) is 0 Å². The molecule has 1 amide bonds. The highest BCUT2D eigenvalue weighted by molar-refractivity contribution is 8.26. The smallest absolute Gasteiger partial charge is 0.263 e. The van der Waals surface area contributed by atoms with E-state index in [0.29, 0.717) is 9.23 Å². The summed E-state index contributed by atoms with van der Waals surface area (Å²) in [6.45, 7) is 0. The molecule has 0 spiro atoms. The van der Waals surface area contributed by atoms with Crippen LogP contribution in [0.5, 0.6) is 0 Å². The fourth-order valence-corrected chi connectivity index (χ4v) is 4.04. The van der Waals surface area contributed by atoms with Gasteiger partial charge in [-0.2, -0.15) is 0 Å². The molecule has 0 radical (unpaired) electrons. The van der Waals surface area contributed by atoms with E-state index in [4.69, 9.17) is 12.2 Å². The highest BCUT2D eigenvalue weighted by Gasteiger charge is 2.21. The van der Waals surface area contributed by atoms with Gasteiger partial charge in [0.15, 0.2) is 0 Å². The number of thioether (sulfide) groups is 1. The van der Waals surface area contributed by atoms with Crippen LogP contribution in [0.25, 0.3) is 17.2 Å². The summed E-state index contributed by atoms with van der Waals surface area (Å²) in [4.78, 5) is 12.4.